The summed E-state index contributed by atoms with van der Waals surface area (Å²) in [6.45, 7) is 3.59. The molecule has 0 aliphatic carbocycles. The summed E-state index contributed by atoms with van der Waals surface area (Å²) in [7, 11) is 0. The van der Waals surface area contributed by atoms with E-state index < -0.39 is 6.04 Å². The second kappa shape index (κ2) is 12.8. The molecule has 0 spiro atoms. The van der Waals surface area contributed by atoms with Crippen LogP contribution in [0.2, 0.25) is 10.0 Å². The van der Waals surface area contributed by atoms with Crippen LogP contribution in [0.3, 0.4) is 0 Å². The maximum Gasteiger partial charge on any atom is 0.243 e. The number of benzene rings is 3. The maximum atomic E-state index is 13.7. The molecule has 0 saturated carbocycles. The number of hydrogen-bond donors (Lipinski definition) is 1. The fourth-order valence-corrected chi connectivity index (χ4v) is 4.64. The molecule has 1 aliphatic rings. The summed E-state index contributed by atoms with van der Waals surface area (Å²) in [5, 5.41) is 3.74. The van der Waals surface area contributed by atoms with Gasteiger partial charge in [-0.3, -0.25) is 9.59 Å². The highest BCUT2D eigenvalue weighted by molar-refractivity contribution is 6.42. The van der Waals surface area contributed by atoms with E-state index in [1.165, 1.54) is 0 Å². The number of amides is 2. The van der Waals surface area contributed by atoms with E-state index in [9.17, 15) is 9.59 Å². The third-order valence-corrected chi connectivity index (χ3v) is 6.93. The molecule has 0 radical (unpaired) electrons. The van der Waals surface area contributed by atoms with Gasteiger partial charge >= 0.3 is 0 Å². The molecule has 1 heterocycles. The molecule has 2 amide bonds. The molecular formula is C29H30Cl2N2O4. The molecule has 0 bridgehead atoms. The molecule has 4 rings (SSSR count). The quantitative estimate of drug-likeness (QED) is 0.370. The van der Waals surface area contributed by atoms with Gasteiger partial charge in [-0.2, -0.15) is 0 Å². The number of halogens is 2. The van der Waals surface area contributed by atoms with Crippen LogP contribution in [0.4, 0.5) is 0 Å². The molecule has 0 aromatic heterocycles. The molecule has 3 aromatic carbocycles. The Morgan fingerprint density at radius 2 is 1.62 bits per heavy atom. The fraction of sp³-hybridized carbons (Fsp3) is 0.310. The van der Waals surface area contributed by atoms with Crippen LogP contribution < -0.4 is 14.8 Å². The van der Waals surface area contributed by atoms with Crippen molar-refractivity contribution in [3.63, 3.8) is 0 Å². The van der Waals surface area contributed by atoms with Crippen molar-refractivity contribution in [1.82, 2.24) is 10.2 Å². The number of aryl methyl sites for hydroxylation is 1. The molecule has 1 aliphatic heterocycles. The minimum atomic E-state index is -0.690. The highest BCUT2D eigenvalue weighted by Crippen LogP contribution is 2.31. The van der Waals surface area contributed by atoms with Crippen molar-refractivity contribution in [3.8, 4) is 11.5 Å². The highest BCUT2D eigenvalue weighted by Gasteiger charge is 2.30. The van der Waals surface area contributed by atoms with E-state index in [1.807, 2.05) is 61.5 Å². The lowest BCUT2D eigenvalue weighted by Crippen LogP contribution is -2.50. The Morgan fingerprint density at radius 1 is 0.892 bits per heavy atom. The molecular weight excluding hydrogens is 511 g/mol. The summed E-state index contributed by atoms with van der Waals surface area (Å²) in [5.41, 5.74) is 2.73. The van der Waals surface area contributed by atoms with E-state index in [2.05, 4.69) is 5.32 Å². The Labute approximate surface area is 227 Å². The predicted octanol–water partition coefficient (Wildman–Crippen LogP) is 5.47. The SMILES string of the molecule is CCNC(=O)C(Cc1ccccc1)N(Cc1ccc(Cl)c(Cl)c1)C(=O)CCc1ccc2c(c1)OCCO2. The average Bonchev–Trinajstić information content (AvgIpc) is 2.91. The number of nitrogens with zero attached hydrogens (tertiary/aromatic N) is 1. The summed E-state index contributed by atoms with van der Waals surface area (Å²) >= 11 is 12.4. The first-order valence-electron chi connectivity index (χ1n) is 12.4. The highest BCUT2D eigenvalue weighted by atomic mass is 35.5. The molecule has 8 heteroatoms. The number of ether oxygens (including phenoxy) is 2. The van der Waals surface area contributed by atoms with Crippen LogP contribution in [0.1, 0.15) is 30.0 Å². The zero-order chi connectivity index (χ0) is 26.2. The van der Waals surface area contributed by atoms with Crippen LogP contribution in [0.5, 0.6) is 11.5 Å². The van der Waals surface area contributed by atoms with E-state index in [0.717, 1.165) is 16.7 Å². The first kappa shape index (κ1) is 26.8. The van der Waals surface area contributed by atoms with Crippen molar-refractivity contribution in [3.05, 3.63) is 93.5 Å². The van der Waals surface area contributed by atoms with Gasteiger partial charge in [0, 0.05) is 25.9 Å². The third kappa shape index (κ3) is 7.18. The number of carbonyl (C=O) groups excluding carboxylic acids is 2. The molecule has 6 nitrogen and oxygen atoms in total. The van der Waals surface area contributed by atoms with Gasteiger partial charge in [0.2, 0.25) is 11.8 Å². The lowest BCUT2D eigenvalue weighted by Gasteiger charge is -2.31. The fourth-order valence-electron chi connectivity index (χ4n) is 4.32. The first-order chi connectivity index (χ1) is 17.9. The van der Waals surface area contributed by atoms with Gasteiger partial charge in [0.1, 0.15) is 19.3 Å². The van der Waals surface area contributed by atoms with Crippen LogP contribution in [0.25, 0.3) is 0 Å². The monoisotopic (exact) mass is 540 g/mol. The predicted molar refractivity (Wildman–Crippen MR) is 145 cm³/mol. The zero-order valence-corrected chi connectivity index (χ0v) is 22.2. The van der Waals surface area contributed by atoms with Gasteiger partial charge in [0.25, 0.3) is 0 Å². The summed E-state index contributed by atoms with van der Waals surface area (Å²) in [4.78, 5) is 28.6. The molecule has 37 heavy (non-hydrogen) atoms. The lowest BCUT2D eigenvalue weighted by atomic mass is 10.0. The number of fused-ring (bicyclic) bond motifs is 1. The lowest BCUT2D eigenvalue weighted by molar-refractivity contribution is -0.141. The Balaban J connectivity index is 1.59. The summed E-state index contributed by atoms with van der Waals surface area (Å²) in [6.07, 6.45) is 1.12. The van der Waals surface area contributed by atoms with E-state index in [4.69, 9.17) is 32.7 Å². The van der Waals surface area contributed by atoms with Crippen LogP contribution in [-0.2, 0) is 29.0 Å². The van der Waals surface area contributed by atoms with Crippen molar-refractivity contribution in [2.45, 2.75) is 38.8 Å². The van der Waals surface area contributed by atoms with E-state index in [1.54, 1.807) is 17.0 Å². The van der Waals surface area contributed by atoms with Gasteiger partial charge in [-0.1, -0.05) is 65.7 Å². The first-order valence-corrected chi connectivity index (χ1v) is 13.1. The minimum Gasteiger partial charge on any atom is -0.486 e. The van der Waals surface area contributed by atoms with Crippen molar-refractivity contribution >= 4 is 35.0 Å². The molecule has 1 unspecified atom stereocenters. The number of carbonyl (C=O) groups is 2. The largest absolute Gasteiger partial charge is 0.486 e. The number of hydrogen-bond acceptors (Lipinski definition) is 4. The molecule has 0 saturated heterocycles. The smallest absolute Gasteiger partial charge is 0.243 e. The van der Waals surface area contributed by atoms with Gasteiger partial charge in [-0.15, -0.1) is 0 Å². The van der Waals surface area contributed by atoms with Crippen LogP contribution >= 0.6 is 23.2 Å². The topological polar surface area (TPSA) is 67.9 Å². The molecule has 194 valence electrons. The van der Waals surface area contributed by atoms with E-state index >= 15 is 0 Å². The van der Waals surface area contributed by atoms with Crippen molar-refractivity contribution in [2.75, 3.05) is 19.8 Å². The number of nitrogens with one attached hydrogen (secondary N) is 1. The second-order valence-electron chi connectivity index (χ2n) is 8.85. The normalized spacial score (nSPS) is 13.1. The van der Waals surface area contributed by atoms with Crippen LogP contribution in [0, 0.1) is 0 Å². The Kier molecular flexibility index (Phi) is 9.31. The standard InChI is InChI=1S/C29H30Cl2N2O4/c1-2-32-29(35)25(17-20-6-4-3-5-7-20)33(19-22-8-11-23(30)24(31)16-22)28(34)13-10-21-9-12-26-27(18-21)37-15-14-36-26/h3-9,11-12,16,18,25H,2,10,13-15,17,19H2,1H3,(H,32,35). The summed E-state index contributed by atoms with van der Waals surface area (Å²) < 4.78 is 11.3. The van der Waals surface area contributed by atoms with Gasteiger partial charge in [-0.05, 0) is 54.3 Å². The summed E-state index contributed by atoms with van der Waals surface area (Å²) in [6, 6.07) is 20.0. The molecule has 3 aromatic rings. The molecule has 0 fully saturated rings. The minimum absolute atomic E-state index is 0.131. The van der Waals surface area contributed by atoms with Crippen molar-refractivity contribution < 1.29 is 19.1 Å². The van der Waals surface area contributed by atoms with Gasteiger partial charge in [0.05, 0.1) is 10.0 Å². The Hall–Kier alpha value is -3.22. The van der Waals surface area contributed by atoms with Gasteiger partial charge in [0.15, 0.2) is 11.5 Å². The van der Waals surface area contributed by atoms with Crippen molar-refractivity contribution in [1.29, 1.82) is 0 Å². The van der Waals surface area contributed by atoms with Crippen molar-refractivity contribution in [2.24, 2.45) is 0 Å². The number of rotatable bonds is 10. The van der Waals surface area contributed by atoms with E-state index in [-0.39, 0.29) is 24.8 Å². The maximum absolute atomic E-state index is 13.7. The van der Waals surface area contributed by atoms with Gasteiger partial charge in [-0.25, -0.2) is 0 Å². The van der Waals surface area contributed by atoms with Gasteiger partial charge < -0.3 is 19.7 Å². The van der Waals surface area contributed by atoms with E-state index in [0.29, 0.717) is 54.1 Å². The zero-order valence-electron chi connectivity index (χ0n) is 20.7. The number of likely N-dealkylation sites (N-methyl/N-ethyl adjacent to an activating group) is 1. The molecule has 1 atom stereocenters. The second-order valence-corrected chi connectivity index (χ2v) is 9.66. The van der Waals surface area contributed by atoms with Crippen LogP contribution in [-0.4, -0.2) is 42.5 Å². The Bertz CT molecular complexity index is 1240. The third-order valence-electron chi connectivity index (χ3n) is 6.19. The summed E-state index contributed by atoms with van der Waals surface area (Å²) in [5.74, 6) is 1.07. The molecule has 1 N–H and O–H groups in total. The van der Waals surface area contributed by atoms with Crippen LogP contribution in [0.15, 0.2) is 66.7 Å². The average molecular weight is 541 g/mol. The Morgan fingerprint density at radius 3 is 2.35 bits per heavy atom.